The van der Waals surface area contributed by atoms with Crippen LogP contribution in [0, 0.1) is 11.8 Å². The van der Waals surface area contributed by atoms with Gasteiger partial charge in [-0.15, -0.1) is 5.10 Å². The summed E-state index contributed by atoms with van der Waals surface area (Å²) in [6.45, 7) is 12.0. The largest absolute Gasteiger partial charge is 0.343 e. The van der Waals surface area contributed by atoms with Crippen LogP contribution in [0.1, 0.15) is 39.8 Å². The van der Waals surface area contributed by atoms with Crippen molar-refractivity contribution in [1.82, 2.24) is 19.5 Å². The van der Waals surface area contributed by atoms with Gasteiger partial charge < -0.3 is 9.80 Å². The van der Waals surface area contributed by atoms with Crippen molar-refractivity contribution in [1.29, 1.82) is 0 Å². The molecular weight excluding hydrogens is 322 g/mol. The van der Waals surface area contributed by atoms with Gasteiger partial charge in [-0.2, -0.15) is 0 Å². The molecule has 1 aliphatic heterocycles. The molecular formula is C17H25N5OS. The van der Waals surface area contributed by atoms with Crippen LogP contribution in [0.5, 0.6) is 0 Å². The van der Waals surface area contributed by atoms with Crippen molar-refractivity contribution in [2.75, 3.05) is 31.1 Å². The number of rotatable bonds is 2. The zero-order chi connectivity index (χ0) is 17.1. The van der Waals surface area contributed by atoms with E-state index in [0.717, 1.165) is 48.4 Å². The molecule has 0 unspecified atom stereocenters. The van der Waals surface area contributed by atoms with E-state index in [4.69, 9.17) is 10.1 Å². The number of carbonyl (C=O) groups excluding carboxylic acids is 1. The zero-order valence-electron chi connectivity index (χ0n) is 14.8. The lowest BCUT2D eigenvalue weighted by Crippen LogP contribution is -2.49. The molecule has 2 aromatic heterocycles. The molecule has 2 aliphatic rings. The van der Waals surface area contributed by atoms with Gasteiger partial charge in [0.25, 0.3) is 0 Å². The number of imidazole rings is 1. The molecule has 1 amide bonds. The number of nitrogens with zero attached hydrogens (tertiary/aromatic N) is 5. The highest BCUT2D eigenvalue weighted by molar-refractivity contribution is 7.20. The van der Waals surface area contributed by atoms with Crippen LogP contribution in [0.25, 0.3) is 4.96 Å². The predicted molar refractivity (Wildman–Crippen MR) is 95.6 cm³/mol. The molecule has 4 rings (SSSR count). The maximum Gasteiger partial charge on any atom is 0.226 e. The van der Waals surface area contributed by atoms with Crippen molar-refractivity contribution >= 4 is 27.3 Å². The summed E-state index contributed by atoms with van der Waals surface area (Å²) >= 11 is 1.63. The third-order valence-electron chi connectivity index (χ3n) is 5.09. The van der Waals surface area contributed by atoms with Crippen LogP contribution < -0.4 is 4.90 Å². The fourth-order valence-corrected chi connectivity index (χ4v) is 4.13. The van der Waals surface area contributed by atoms with E-state index in [2.05, 4.69) is 32.6 Å². The summed E-state index contributed by atoms with van der Waals surface area (Å²) in [7, 11) is 0. The summed E-state index contributed by atoms with van der Waals surface area (Å²) in [6, 6.07) is 0. The highest BCUT2D eigenvalue weighted by Gasteiger charge is 2.42. The van der Waals surface area contributed by atoms with E-state index in [-0.39, 0.29) is 11.3 Å². The van der Waals surface area contributed by atoms with Crippen LogP contribution in [0.3, 0.4) is 0 Å². The number of piperazine rings is 1. The van der Waals surface area contributed by atoms with E-state index in [1.165, 1.54) is 0 Å². The van der Waals surface area contributed by atoms with E-state index >= 15 is 0 Å². The van der Waals surface area contributed by atoms with Gasteiger partial charge in [-0.3, -0.25) is 4.79 Å². The Morgan fingerprint density at radius 3 is 2.46 bits per heavy atom. The molecule has 1 saturated heterocycles. The van der Waals surface area contributed by atoms with E-state index in [9.17, 15) is 4.79 Å². The molecule has 2 aromatic rings. The Morgan fingerprint density at radius 1 is 1.25 bits per heavy atom. The SMILES string of the molecule is C[C@H]1C[C@@H]1C(=O)N1CCN(c2nn3cc(C(C)(C)C)nc3s2)CC1. The third-order valence-corrected chi connectivity index (χ3v) is 6.07. The standard InChI is InChI=1S/C17H25N5OS/c1-11-9-12(11)14(23)20-5-7-21(8-6-20)16-19-22-10-13(17(2,3)4)18-15(22)24-16/h10-12H,5-9H2,1-4H3/t11-,12-/m0/s1. The fraction of sp³-hybridized carbons (Fsp3) is 0.706. The van der Waals surface area contributed by atoms with E-state index in [0.29, 0.717) is 11.8 Å². The molecule has 2 fully saturated rings. The highest BCUT2D eigenvalue weighted by atomic mass is 32.1. The minimum atomic E-state index is 0.0412. The van der Waals surface area contributed by atoms with Gasteiger partial charge in [-0.05, 0) is 12.3 Å². The minimum absolute atomic E-state index is 0.0412. The summed E-state index contributed by atoms with van der Waals surface area (Å²) in [4.78, 5) is 22.3. The third kappa shape index (κ3) is 2.79. The molecule has 2 atom stereocenters. The lowest BCUT2D eigenvalue weighted by atomic mass is 9.93. The second-order valence-electron chi connectivity index (χ2n) is 8.12. The Hall–Kier alpha value is -1.63. The minimum Gasteiger partial charge on any atom is -0.343 e. The molecule has 3 heterocycles. The van der Waals surface area contributed by atoms with Gasteiger partial charge >= 0.3 is 0 Å². The van der Waals surface area contributed by atoms with E-state index in [1.807, 2.05) is 15.6 Å². The number of fused-ring (bicyclic) bond motifs is 1. The molecule has 0 spiro atoms. The zero-order valence-corrected chi connectivity index (χ0v) is 15.6. The second-order valence-corrected chi connectivity index (χ2v) is 9.05. The summed E-state index contributed by atoms with van der Waals surface area (Å²) in [6.07, 6.45) is 3.10. The lowest BCUT2D eigenvalue weighted by molar-refractivity contribution is -0.133. The molecule has 1 aliphatic carbocycles. The van der Waals surface area contributed by atoms with E-state index < -0.39 is 0 Å². The monoisotopic (exact) mass is 347 g/mol. The Morgan fingerprint density at radius 2 is 1.92 bits per heavy atom. The number of hydrogen-bond donors (Lipinski definition) is 0. The first-order valence-corrected chi connectivity index (χ1v) is 9.55. The van der Waals surface area contributed by atoms with Gasteiger partial charge in [0.15, 0.2) is 0 Å². The lowest BCUT2D eigenvalue weighted by Gasteiger charge is -2.34. The molecule has 130 valence electrons. The smallest absolute Gasteiger partial charge is 0.226 e. The molecule has 0 radical (unpaired) electrons. The highest BCUT2D eigenvalue weighted by Crippen LogP contribution is 2.39. The number of carbonyl (C=O) groups is 1. The van der Waals surface area contributed by atoms with Gasteiger partial charge in [-0.1, -0.05) is 39.0 Å². The molecule has 6 nitrogen and oxygen atoms in total. The fourth-order valence-electron chi connectivity index (χ4n) is 3.20. The summed E-state index contributed by atoms with van der Waals surface area (Å²) in [5.74, 6) is 1.22. The van der Waals surface area contributed by atoms with Crippen molar-refractivity contribution in [3.05, 3.63) is 11.9 Å². The van der Waals surface area contributed by atoms with Crippen molar-refractivity contribution < 1.29 is 4.79 Å². The summed E-state index contributed by atoms with van der Waals surface area (Å²) in [5.41, 5.74) is 1.11. The first kappa shape index (κ1) is 15.9. The van der Waals surface area contributed by atoms with Crippen LogP contribution in [0.15, 0.2) is 6.20 Å². The van der Waals surface area contributed by atoms with Crippen LogP contribution in [0.4, 0.5) is 5.13 Å². The van der Waals surface area contributed by atoms with Crippen LogP contribution in [0.2, 0.25) is 0 Å². The number of anilines is 1. The van der Waals surface area contributed by atoms with Gasteiger partial charge in [0.2, 0.25) is 16.0 Å². The van der Waals surface area contributed by atoms with Gasteiger partial charge in [-0.25, -0.2) is 9.50 Å². The van der Waals surface area contributed by atoms with Gasteiger partial charge in [0, 0.05) is 37.5 Å². The van der Waals surface area contributed by atoms with Crippen molar-refractivity contribution in [3.63, 3.8) is 0 Å². The molecule has 7 heteroatoms. The van der Waals surface area contributed by atoms with Crippen LogP contribution in [-0.2, 0) is 10.2 Å². The first-order valence-electron chi connectivity index (χ1n) is 8.73. The molecule has 24 heavy (non-hydrogen) atoms. The first-order chi connectivity index (χ1) is 11.3. The Kier molecular flexibility index (Phi) is 3.60. The Labute approximate surface area is 146 Å². The Bertz CT molecular complexity index is 734. The van der Waals surface area contributed by atoms with Crippen molar-refractivity contribution in [2.24, 2.45) is 11.8 Å². The average molecular weight is 347 g/mol. The maximum absolute atomic E-state index is 12.3. The summed E-state index contributed by atoms with van der Waals surface area (Å²) in [5, 5.41) is 5.70. The quantitative estimate of drug-likeness (QED) is 0.837. The van der Waals surface area contributed by atoms with Gasteiger partial charge in [0.1, 0.15) is 0 Å². The number of hydrogen-bond acceptors (Lipinski definition) is 5. The average Bonchev–Trinajstić information content (AvgIpc) is 2.94. The van der Waals surface area contributed by atoms with Crippen molar-refractivity contribution in [3.8, 4) is 0 Å². The van der Waals surface area contributed by atoms with Crippen molar-refractivity contribution in [2.45, 2.75) is 39.5 Å². The summed E-state index contributed by atoms with van der Waals surface area (Å²) < 4.78 is 1.89. The normalized spacial score (nSPS) is 24.7. The second kappa shape index (κ2) is 5.44. The van der Waals surface area contributed by atoms with Crippen LogP contribution >= 0.6 is 11.3 Å². The molecule has 0 N–H and O–H groups in total. The topological polar surface area (TPSA) is 53.7 Å². The van der Waals surface area contributed by atoms with Gasteiger partial charge in [0.05, 0.1) is 11.9 Å². The number of aromatic nitrogens is 3. The number of amides is 1. The maximum atomic E-state index is 12.3. The molecule has 0 bridgehead atoms. The Balaban J connectivity index is 1.43. The molecule has 0 aromatic carbocycles. The van der Waals surface area contributed by atoms with Crippen LogP contribution in [-0.4, -0.2) is 51.6 Å². The van der Waals surface area contributed by atoms with E-state index in [1.54, 1.807) is 11.3 Å². The molecule has 1 saturated carbocycles. The predicted octanol–water partition coefficient (Wildman–Crippen LogP) is 2.39.